The molecule has 190 valence electrons. The fourth-order valence-corrected chi connectivity index (χ4v) is 5.51. The highest BCUT2D eigenvalue weighted by Crippen LogP contribution is 2.39. The monoisotopic (exact) mass is 522 g/mol. The molecule has 9 heteroatoms. The molecule has 4 N–H and O–H groups in total. The van der Waals surface area contributed by atoms with Gasteiger partial charge in [-0.05, 0) is 42.5 Å². The molecule has 4 aromatic rings. The van der Waals surface area contributed by atoms with E-state index in [4.69, 9.17) is 5.73 Å². The highest BCUT2D eigenvalue weighted by atomic mass is 32.1. The molecule has 1 fully saturated rings. The SMILES string of the molecule is N#Cc1c(N2CCN(c3ccccc3)CC2)sc(C(=O)Nc2cccc(NC(=O)c3ccccc3)c2)c1N. The summed E-state index contributed by atoms with van der Waals surface area (Å²) in [6, 6.07) is 28.2. The number of nitrogens with two attached hydrogens (primary N) is 1. The van der Waals surface area contributed by atoms with Gasteiger partial charge in [-0.15, -0.1) is 11.3 Å². The first-order valence-electron chi connectivity index (χ1n) is 12.2. The van der Waals surface area contributed by atoms with Crippen LogP contribution in [0, 0.1) is 11.3 Å². The van der Waals surface area contributed by atoms with Gasteiger partial charge in [0.2, 0.25) is 0 Å². The van der Waals surface area contributed by atoms with E-state index in [0.717, 1.165) is 13.1 Å². The molecule has 0 atom stereocenters. The minimum absolute atomic E-state index is 0.184. The Bertz CT molecular complexity index is 1490. The first-order chi connectivity index (χ1) is 18.5. The average Bonchev–Trinajstić information content (AvgIpc) is 3.30. The number of rotatable bonds is 6. The maximum absolute atomic E-state index is 13.2. The van der Waals surface area contributed by atoms with Crippen LogP contribution in [0.4, 0.5) is 27.8 Å². The smallest absolute Gasteiger partial charge is 0.267 e. The number of nitrogen functional groups attached to an aromatic ring is 1. The average molecular weight is 523 g/mol. The van der Waals surface area contributed by atoms with Crippen molar-refractivity contribution in [2.75, 3.05) is 52.3 Å². The summed E-state index contributed by atoms with van der Waals surface area (Å²) in [5.41, 5.74) is 9.56. The first kappa shape index (κ1) is 24.9. The summed E-state index contributed by atoms with van der Waals surface area (Å²) in [5, 5.41) is 16.2. The van der Waals surface area contributed by atoms with Gasteiger partial charge < -0.3 is 26.2 Å². The van der Waals surface area contributed by atoms with Crippen molar-refractivity contribution in [3.63, 3.8) is 0 Å². The van der Waals surface area contributed by atoms with E-state index in [2.05, 4.69) is 38.6 Å². The third-order valence-corrected chi connectivity index (χ3v) is 7.61. The van der Waals surface area contributed by atoms with Crippen molar-refractivity contribution in [1.82, 2.24) is 0 Å². The number of anilines is 5. The first-order valence-corrected chi connectivity index (χ1v) is 13.0. The summed E-state index contributed by atoms with van der Waals surface area (Å²) in [6.07, 6.45) is 0. The molecule has 5 rings (SSSR count). The number of amides is 2. The lowest BCUT2D eigenvalue weighted by Crippen LogP contribution is -2.46. The van der Waals surface area contributed by atoms with Crippen LogP contribution in [0.25, 0.3) is 0 Å². The lowest BCUT2D eigenvalue weighted by molar-refractivity contribution is 0.102. The van der Waals surface area contributed by atoms with Crippen LogP contribution in [0.15, 0.2) is 84.9 Å². The molecule has 0 aliphatic carbocycles. The Balaban J connectivity index is 1.28. The van der Waals surface area contributed by atoms with Gasteiger partial charge in [0.25, 0.3) is 11.8 Å². The Hall–Kier alpha value is -4.81. The van der Waals surface area contributed by atoms with Gasteiger partial charge in [0.1, 0.15) is 21.5 Å². The topological polar surface area (TPSA) is 114 Å². The zero-order chi connectivity index (χ0) is 26.5. The van der Waals surface area contributed by atoms with Crippen LogP contribution in [-0.4, -0.2) is 38.0 Å². The molecule has 1 aliphatic rings. The minimum Gasteiger partial charge on any atom is -0.396 e. The van der Waals surface area contributed by atoms with Gasteiger partial charge in [-0.2, -0.15) is 5.26 Å². The Morgan fingerprint density at radius 1 is 0.789 bits per heavy atom. The van der Waals surface area contributed by atoms with Crippen LogP contribution in [0.2, 0.25) is 0 Å². The van der Waals surface area contributed by atoms with Crippen molar-refractivity contribution in [3.05, 3.63) is 101 Å². The van der Waals surface area contributed by atoms with Crippen molar-refractivity contribution in [2.24, 2.45) is 0 Å². The largest absolute Gasteiger partial charge is 0.396 e. The van der Waals surface area contributed by atoms with E-state index >= 15 is 0 Å². The lowest BCUT2D eigenvalue weighted by atomic mass is 10.2. The van der Waals surface area contributed by atoms with Crippen molar-refractivity contribution in [2.45, 2.75) is 0 Å². The van der Waals surface area contributed by atoms with Crippen molar-refractivity contribution >= 4 is 50.9 Å². The van der Waals surface area contributed by atoms with Crippen LogP contribution in [-0.2, 0) is 0 Å². The quantitative estimate of drug-likeness (QED) is 0.327. The summed E-state index contributed by atoms with van der Waals surface area (Å²) in [4.78, 5) is 30.4. The van der Waals surface area contributed by atoms with Crippen molar-refractivity contribution in [3.8, 4) is 6.07 Å². The van der Waals surface area contributed by atoms with E-state index in [9.17, 15) is 14.9 Å². The maximum atomic E-state index is 13.2. The second kappa shape index (κ2) is 11.1. The van der Waals surface area contributed by atoms with Gasteiger partial charge in [0, 0.05) is 48.8 Å². The fourth-order valence-electron chi connectivity index (χ4n) is 4.39. The third kappa shape index (κ3) is 5.31. The standard InChI is InChI=1S/C29H26N6O2S/c30-19-24-25(31)26(38-29(24)35-16-14-34(15-17-35)23-12-5-2-6-13-23)28(37)33-22-11-7-10-21(18-22)32-27(36)20-8-3-1-4-9-20/h1-13,18H,14-17,31H2,(H,32,36)(H,33,37). The predicted molar refractivity (Wildman–Crippen MR) is 153 cm³/mol. The van der Waals surface area contributed by atoms with Gasteiger partial charge in [0.15, 0.2) is 0 Å². The Kier molecular flexibility index (Phi) is 7.24. The predicted octanol–water partition coefficient (Wildman–Crippen LogP) is 5.03. The molecular weight excluding hydrogens is 496 g/mol. The van der Waals surface area contributed by atoms with Crippen LogP contribution >= 0.6 is 11.3 Å². The maximum Gasteiger partial charge on any atom is 0.267 e. The van der Waals surface area contributed by atoms with Gasteiger partial charge in [0.05, 0.1) is 5.69 Å². The molecule has 0 unspecified atom stereocenters. The number of para-hydroxylation sites is 1. The minimum atomic E-state index is -0.398. The molecule has 38 heavy (non-hydrogen) atoms. The second-order valence-electron chi connectivity index (χ2n) is 8.80. The summed E-state index contributed by atoms with van der Waals surface area (Å²) < 4.78 is 0. The van der Waals surface area contributed by atoms with E-state index in [1.54, 1.807) is 48.5 Å². The summed E-state index contributed by atoms with van der Waals surface area (Å²) in [7, 11) is 0. The van der Waals surface area contributed by atoms with E-state index in [1.165, 1.54) is 17.0 Å². The lowest BCUT2D eigenvalue weighted by Gasteiger charge is -2.36. The number of carbonyl (C=O) groups is 2. The number of hydrogen-bond donors (Lipinski definition) is 3. The molecular formula is C29H26N6O2S. The van der Waals surface area contributed by atoms with Crippen LogP contribution in [0.1, 0.15) is 25.6 Å². The second-order valence-corrected chi connectivity index (χ2v) is 9.80. The third-order valence-electron chi connectivity index (χ3n) is 6.35. The normalized spacial score (nSPS) is 13.0. The molecule has 0 spiro atoms. The number of hydrogen-bond acceptors (Lipinski definition) is 7. The molecule has 3 aromatic carbocycles. The van der Waals surface area contributed by atoms with Crippen molar-refractivity contribution in [1.29, 1.82) is 5.26 Å². The molecule has 0 radical (unpaired) electrons. The van der Waals surface area contributed by atoms with Gasteiger partial charge >= 0.3 is 0 Å². The van der Waals surface area contributed by atoms with Crippen molar-refractivity contribution < 1.29 is 9.59 Å². The zero-order valence-electron chi connectivity index (χ0n) is 20.6. The van der Waals surface area contributed by atoms with Gasteiger partial charge in [-0.25, -0.2) is 0 Å². The molecule has 1 saturated heterocycles. The van der Waals surface area contributed by atoms with Gasteiger partial charge in [-0.1, -0.05) is 42.5 Å². The number of nitrogens with zero attached hydrogens (tertiary/aromatic N) is 3. The van der Waals surface area contributed by atoms with E-state index in [1.807, 2.05) is 24.3 Å². The Morgan fingerprint density at radius 3 is 2.00 bits per heavy atom. The van der Waals surface area contributed by atoms with E-state index in [0.29, 0.717) is 45.5 Å². The molecule has 2 amide bonds. The van der Waals surface area contributed by atoms with E-state index in [-0.39, 0.29) is 11.6 Å². The Morgan fingerprint density at radius 2 is 1.37 bits per heavy atom. The highest BCUT2D eigenvalue weighted by molar-refractivity contribution is 7.19. The molecule has 2 heterocycles. The summed E-state index contributed by atoms with van der Waals surface area (Å²) >= 11 is 1.23. The summed E-state index contributed by atoms with van der Waals surface area (Å²) in [5.74, 6) is -0.642. The number of thiophene rings is 1. The van der Waals surface area contributed by atoms with Crippen LogP contribution in [0.3, 0.4) is 0 Å². The highest BCUT2D eigenvalue weighted by Gasteiger charge is 2.27. The molecule has 1 aromatic heterocycles. The molecule has 8 nitrogen and oxygen atoms in total. The van der Waals surface area contributed by atoms with E-state index < -0.39 is 5.91 Å². The number of carbonyl (C=O) groups excluding carboxylic acids is 2. The number of benzene rings is 3. The molecule has 1 aliphatic heterocycles. The molecule has 0 bridgehead atoms. The fraction of sp³-hybridized carbons (Fsp3) is 0.138. The number of nitriles is 1. The Labute approximate surface area is 224 Å². The number of piperazine rings is 1. The van der Waals surface area contributed by atoms with Gasteiger partial charge in [-0.3, -0.25) is 9.59 Å². The molecule has 0 saturated carbocycles. The summed E-state index contributed by atoms with van der Waals surface area (Å²) in [6.45, 7) is 3.03. The van der Waals surface area contributed by atoms with Crippen LogP contribution in [0.5, 0.6) is 0 Å². The van der Waals surface area contributed by atoms with Crippen LogP contribution < -0.4 is 26.2 Å². The zero-order valence-corrected chi connectivity index (χ0v) is 21.4. The number of nitrogens with one attached hydrogen (secondary N) is 2.